The van der Waals surface area contributed by atoms with E-state index in [4.69, 9.17) is 22.1 Å². The third-order valence-electron chi connectivity index (χ3n) is 1.80. The highest BCUT2D eigenvalue weighted by molar-refractivity contribution is 6.30. The summed E-state index contributed by atoms with van der Waals surface area (Å²) in [6, 6.07) is 4.05. The van der Waals surface area contributed by atoms with Gasteiger partial charge < -0.3 is 10.5 Å². The van der Waals surface area contributed by atoms with E-state index in [0.717, 1.165) is 6.07 Å². The number of halogens is 2. The van der Waals surface area contributed by atoms with Gasteiger partial charge >= 0.3 is 0 Å². The summed E-state index contributed by atoms with van der Waals surface area (Å²) in [6.07, 6.45) is 2.86. The monoisotopic (exact) mass is 239 g/mol. The van der Waals surface area contributed by atoms with Gasteiger partial charge in [0.15, 0.2) is 5.82 Å². The third kappa shape index (κ3) is 2.20. The van der Waals surface area contributed by atoms with Crippen LogP contribution in [0.25, 0.3) is 0 Å². The van der Waals surface area contributed by atoms with Crippen molar-refractivity contribution in [3.05, 3.63) is 41.4 Å². The lowest BCUT2D eigenvalue weighted by molar-refractivity contribution is 0.458. The topological polar surface area (TPSA) is 61.0 Å². The summed E-state index contributed by atoms with van der Waals surface area (Å²) in [5, 5.41) is 0.0273. The Balaban J connectivity index is 2.28. The number of benzene rings is 1. The molecule has 0 unspecified atom stereocenters. The molecule has 4 nitrogen and oxygen atoms in total. The molecule has 2 N–H and O–H groups in total. The standard InChI is InChI=1S/C10H7ClFN3O/c11-7-2-1-6(5-8(7)12)16-10-9(13)14-3-4-15-10/h1-5H,(H2,13,14). The molecule has 0 aliphatic rings. The first kappa shape index (κ1) is 10.6. The van der Waals surface area contributed by atoms with Crippen LogP contribution in [0.5, 0.6) is 11.6 Å². The second kappa shape index (κ2) is 4.32. The van der Waals surface area contributed by atoms with Gasteiger partial charge in [0.05, 0.1) is 5.02 Å². The third-order valence-corrected chi connectivity index (χ3v) is 2.10. The van der Waals surface area contributed by atoms with E-state index in [0.29, 0.717) is 0 Å². The van der Waals surface area contributed by atoms with Crippen LogP contribution in [0.2, 0.25) is 5.02 Å². The number of aromatic nitrogens is 2. The van der Waals surface area contributed by atoms with Gasteiger partial charge in [-0.25, -0.2) is 14.4 Å². The average Bonchev–Trinajstić information content (AvgIpc) is 2.27. The van der Waals surface area contributed by atoms with Crippen LogP contribution in [-0.2, 0) is 0 Å². The average molecular weight is 240 g/mol. The lowest BCUT2D eigenvalue weighted by Crippen LogP contribution is -1.97. The Morgan fingerprint density at radius 3 is 2.69 bits per heavy atom. The number of anilines is 1. The van der Waals surface area contributed by atoms with Gasteiger partial charge in [0.1, 0.15) is 11.6 Å². The number of hydrogen-bond acceptors (Lipinski definition) is 4. The first-order valence-electron chi connectivity index (χ1n) is 4.36. The molecule has 2 rings (SSSR count). The molecular weight excluding hydrogens is 233 g/mol. The van der Waals surface area contributed by atoms with E-state index in [-0.39, 0.29) is 22.5 Å². The van der Waals surface area contributed by atoms with Crippen molar-refractivity contribution in [1.29, 1.82) is 0 Å². The minimum Gasteiger partial charge on any atom is -0.436 e. The Kier molecular flexibility index (Phi) is 2.87. The van der Waals surface area contributed by atoms with Crippen molar-refractivity contribution in [2.24, 2.45) is 0 Å². The molecule has 2 aromatic rings. The van der Waals surface area contributed by atoms with Crippen molar-refractivity contribution < 1.29 is 9.13 Å². The SMILES string of the molecule is Nc1nccnc1Oc1ccc(Cl)c(F)c1. The van der Waals surface area contributed by atoms with E-state index >= 15 is 0 Å². The molecule has 0 saturated carbocycles. The Morgan fingerprint density at radius 1 is 1.25 bits per heavy atom. The van der Waals surface area contributed by atoms with E-state index < -0.39 is 5.82 Å². The molecule has 1 aromatic carbocycles. The van der Waals surface area contributed by atoms with E-state index in [9.17, 15) is 4.39 Å². The first-order valence-corrected chi connectivity index (χ1v) is 4.74. The van der Waals surface area contributed by atoms with Crippen LogP contribution in [0.3, 0.4) is 0 Å². The fourth-order valence-electron chi connectivity index (χ4n) is 1.07. The zero-order valence-electron chi connectivity index (χ0n) is 8.02. The Hall–Kier alpha value is -1.88. The number of hydrogen-bond donors (Lipinski definition) is 1. The van der Waals surface area contributed by atoms with Gasteiger partial charge in [-0.1, -0.05) is 11.6 Å². The van der Waals surface area contributed by atoms with Crippen LogP contribution < -0.4 is 10.5 Å². The summed E-state index contributed by atoms with van der Waals surface area (Å²) >= 11 is 5.53. The molecule has 0 saturated heterocycles. The van der Waals surface area contributed by atoms with Crippen molar-refractivity contribution in [3.63, 3.8) is 0 Å². The summed E-state index contributed by atoms with van der Waals surface area (Å²) < 4.78 is 18.4. The molecule has 1 aromatic heterocycles. The second-order valence-electron chi connectivity index (χ2n) is 2.92. The number of rotatable bonds is 2. The fourth-order valence-corrected chi connectivity index (χ4v) is 1.18. The largest absolute Gasteiger partial charge is 0.436 e. The molecule has 0 bridgehead atoms. The normalized spacial score (nSPS) is 10.1. The minimum absolute atomic E-state index is 0.0273. The molecule has 0 aliphatic heterocycles. The van der Waals surface area contributed by atoms with E-state index in [1.807, 2.05) is 0 Å². The molecule has 82 valence electrons. The van der Waals surface area contributed by atoms with Crippen LogP contribution in [0.1, 0.15) is 0 Å². The zero-order valence-corrected chi connectivity index (χ0v) is 8.78. The quantitative estimate of drug-likeness (QED) is 0.875. The van der Waals surface area contributed by atoms with Crippen LogP contribution >= 0.6 is 11.6 Å². The summed E-state index contributed by atoms with van der Waals surface area (Å²) in [4.78, 5) is 7.65. The smallest absolute Gasteiger partial charge is 0.262 e. The van der Waals surface area contributed by atoms with Gasteiger partial charge in [-0.15, -0.1) is 0 Å². The highest BCUT2D eigenvalue weighted by Gasteiger charge is 2.06. The maximum atomic E-state index is 13.1. The maximum Gasteiger partial charge on any atom is 0.262 e. The molecule has 16 heavy (non-hydrogen) atoms. The Morgan fingerprint density at radius 2 is 2.00 bits per heavy atom. The molecule has 0 aliphatic carbocycles. The van der Waals surface area contributed by atoms with Crippen molar-refractivity contribution in [3.8, 4) is 11.6 Å². The van der Waals surface area contributed by atoms with Crippen LogP contribution in [0.15, 0.2) is 30.6 Å². The van der Waals surface area contributed by atoms with Crippen LogP contribution in [0.4, 0.5) is 10.2 Å². The van der Waals surface area contributed by atoms with E-state index in [2.05, 4.69) is 9.97 Å². The molecule has 0 amide bonds. The molecule has 6 heteroatoms. The van der Waals surface area contributed by atoms with E-state index in [1.165, 1.54) is 24.5 Å². The van der Waals surface area contributed by atoms with Gasteiger partial charge in [0, 0.05) is 18.5 Å². The lowest BCUT2D eigenvalue weighted by atomic mass is 10.3. The highest BCUT2D eigenvalue weighted by Crippen LogP contribution is 2.26. The van der Waals surface area contributed by atoms with Gasteiger partial charge in [-0.05, 0) is 12.1 Å². The predicted molar refractivity (Wildman–Crippen MR) is 57.9 cm³/mol. The molecule has 0 atom stereocenters. The number of nitrogens with two attached hydrogens (primary N) is 1. The molecule has 0 spiro atoms. The zero-order chi connectivity index (χ0) is 11.5. The first-order chi connectivity index (χ1) is 7.66. The number of nitrogen functional groups attached to an aromatic ring is 1. The Bertz CT molecular complexity index is 521. The molecule has 0 fully saturated rings. The summed E-state index contributed by atoms with van der Waals surface area (Å²) in [5.74, 6) is -0.0437. The van der Waals surface area contributed by atoms with Gasteiger partial charge in [0.25, 0.3) is 5.88 Å². The second-order valence-corrected chi connectivity index (χ2v) is 3.33. The lowest BCUT2D eigenvalue weighted by Gasteiger charge is -2.06. The van der Waals surface area contributed by atoms with Gasteiger partial charge in [-0.3, -0.25) is 0 Å². The van der Waals surface area contributed by atoms with Crippen molar-refractivity contribution in [2.75, 3.05) is 5.73 Å². The summed E-state index contributed by atoms with van der Waals surface area (Å²) in [7, 11) is 0. The van der Waals surface area contributed by atoms with Gasteiger partial charge in [-0.2, -0.15) is 0 Å². The maximum absolute atomic E-state index is 13.1. The highest BCUT2D eigenvalue weighted by atomic mass is 35.5. The van der Waals surface area contributed by atoms with Crippen molar-refractivity contribution in [2.45, 2.75) is 0 Å². The predicted octanol–water partition coefficient (Wildman–Crippen LogP) is 2.64. The molecule has 0 radical (unpaired) electrons. The number of ether oxygens (including phenoxy) is 1. The van der Waals surface area contributed by atoms with Crippen molar-refractivity contribution >= 4 is 17.4 Å². The van der Waals surface area contributed by atoms with Crippen LogP contribution in [-0.4, -0.2) is 9.97 Å². The molecule has 1 heterocycles. The van der Waals surface area contributed by atoms with Crippen molar-refractivity contribution in [1.82, 2.24) is 9.97 Å². The minimum atomic E-state index is -0.568. The van der Waals surface area contributed by atoms with E-state index in [1.54, 1.807) is 0 Å². The Labute approximate surface area is 95.9 Å². The number of nitrogens with zero attached hydrogens (tertiary/aromatic N) is 2. The molecular formula is C10H7ClFN3O. The van der Waals surface area contributed by atoms with Gasteiger partial charge in [0.2, 0.25) is 0 Å². The van der Waals surface area contributed by atoms with Crippen LogP contribution in [0, 0.1) is 5.82 Å². The summed E-state index contributed by atoms with van der Waals surface area (Å²) in [5.41, 5.74) is 5.52. The summed E-state index contributed by atoms with van der Waals surface area (Å²) in [6.45, 7) is 0. The fraction of sp³-hybridized carbons (Fsp3) is 0.